The van der Waals surface area contributed by atoms with Crippen LogP contribution in [0, 0.1) is 5.92 Å². The number of rotatable bonds is 5. The van der Waals surface area contributed by atoms with E-state index in [0.717, 1.165) is 31.6 Å². The lowest BCUT2D eigenvalue weighted by atomic mass is 10.1. The van der Waals surface area contributed by atoms with Crippen LogP contribution in [0.2, 0.25) is 0 Å². The van der Waals surface area contributed by atoms with Gasteiger partial charge in [-0.2, -0.15) is 0 Å². The molecule has 2 rings (SSSR count). The highest BCUT2D eigenvalue weighted by Gasteiger charge is 2.25. The van der Waals surface area contributed by atoms with Crippen LogP contribution in [0.1, 0.15) is 29.4 Å². The van der Waals surface area contributed by atoms with E-state index in [9.17, 15) is 4.79 Å². The normalized spacial score (nSPS) is 19.3. The highest BCUT2D eigenvalue weighted by atomic mass is 16.5. The Balaban J connectivity index is 2.13. The molecule has 0 spiro atoms. The van der Waals surface area contributed by atoms with Crippen LogP contribution in [-0.2, 0) is 11.2 Å². The van der Waals surface area contributed by atoms with Crippen molar-refractivity contribution in [1.82, 2.24) is 19.8 Å². The molecule has 0 aliphatic carbocycles. The lowest BCUT2D eigenvalue weighted by Crippen LogP contribution is -2.39. The lowest BCUT2D eigenvalue weighted by Gasteiger charge is -2.25. The van der Waals surface area contributed by atoms with Crippen molar-refractivity contribution < 1.29 is 9.53 Å². The third kappa shape index (κ3) is 4.48. The van der Waals surface area contributed by atoms with Gasteiger partial charge >= 0.3 is 0 Å². The number of ether oxygens (including phenoxy) is 1. The molecule has 1 fully saturated rings. The molecule has 1 amide bonds. The maximum atomic E-state index is 12.9. The van der Waals surface area contributed by atoms with Gasteiger partial charge in [0.15, 0.2) is 0 Å². The van der Waals surface area contributed by atoms with Crippen molar-refractivity contribution in [3.8, 4) is 0 Å². The van der Waals surface area contributed by atoms with Crippen LogP contribution in [0.25, 0.3) is 0 Å². The summed E-state index contributed by atoms with van der Waals surface area (Å²) in [6.07, 6.45) is 4.92. The van der Waals surface area contributed by atoms with E-state index >= 15 is 0 Å². The first-order chi connectivity index (χ1) is 10.6. The van der Waals surface area contributed by atoms with Gasteiger partial charge in [-0.1, -0.05) is 13.3 Å². The Kier molecular flexibility index (Phi) is 6.27. The number of aromatic nitrogens is 2. The minimum atomic E-state index is 0.0262. The van der Waals surface area contributed by atoms with Gasteiger partial charge < -0.3 is 14.5 Å². The topological polar surface area (TPSA) is 58.6 Å². The Morgan fingerprint density at radius 3 is 3.05 bits per heavy atom. The molecule has 0 aromatic carbocycles. The van der Waals surface area contributed by atoms with Crippen molar-refractivity contribution in [2.24, 2.45) is 5.92 Å². The summed E-state index contributed by atoms with van der Waals surface area (Å²) in [5, 5.41) is 0. The standard InChI is InChI=1S/C16H26N4O2/c1-4-5-15-14(8-17-12-18-15)16(21)20-6-7-22-11-13(10-20)9-19(2)3/h8,12-13H,4-7,9-11H2,1-3H3. The molecule has 1 saturated heterocycles. The molecule has 1 aromatic rings. The van der Waals surface area contributed by atoms with Crippen molar-refractivity contribution in [2.75, 3.05) is 46.9 Å². The number of hydrogen-bond donors (Lipinski definition) is 0. The highest BCUT2D eigenvalue weighted by Crippen LogP contribution is 2.14. The van der Waals surface area contributed by atoms with Crippen molar-refractivity contribution in [3.05, 3.63) is 23.8 Å². The van der Waals surface area contributed by atoms with E-state index in [2.05, 4.69) is 21.8 Å². The monoisotopic (exact) mass is 306 g/mol. The predicted octanol–water partition coefficient (Wildman–Crippen LogP) is 1.08. The molecular formula is C16H26N4O2. The summed E-state index contributed by atoms with van der Waals surface area (Å²) in [6.45, 7) is 5.64. The highest BCUT2D eigenvalue weighted by molar-refractivity contribution is 5.95. The van der Waals surface area contributed by atoms with E-state index in [4.69, 9.17) is 4.74 Å². The molecule has 6 heteroatoms. The first-order valence-electron chi connectivity index (χ1n) is 7.92. The zero-order valence-electron chi connectivity index (χ0n) is 13.8. The molecular weight excluding hydrogens is 280 g/mol. The first kappa shape index (κ1) is 16.8. The number of aryl methyl sites for hydroxylation is 1. The quantitative estimate of drug-likeness (QED) is 0.815. The second kappa shape index (κ2) is 8.19. The van der Waals surface area contributed by atoms with Gasteiger partial charge in [-0.25, -0.2) is 9.97 Å². The molecule has 1 atom stereocenters. The molecule has 2 heterocycles. The van der Waals surface area contributed by atoms with Crippen molar-refractivity contribution in [2.45, 2.75) is 19.8 Å². The average Bonchev–Trinajstić information content (AvgIpc) is 2.72. The molecule has 6 nitrogen and oxygen atoms in total. The van der Waals surface area contributed by atoms with Gasteiger partial charge in [-0.15, -0.1) is 0 Å². The number of carbonyl (C=O) groups excluding carboxylic acids is 1. The zero-order valence-corrected chi connectivity index (χ0v) is 13.8. The van der Waals surface area contributed by atoms with E-state index in [0.29, 0.717) is 31.2 Å². The van der Waals surface area contributed by atoms with Crippen LogP contribution >= 0.6 is 0 Å². The van der Waals surface area contributed by atoms with Crippen LogP contribution in [0.5, 0.6) is 0 Å². The van der Waals surface area contributed by atoms with Gasteiger partial charge in [0.05, 0.1) is 24.5 Å². The predicted molar refractivity (Wildman–Crippen MR) is 84.8 cm³/mol. The molecule has 1 aromatic heterocycles. The summed E-state index contributed by atoms with van der Waals surface area (Å²) in [5.41, 5.74) is 1.48. The lowest BCUT2D eigenvalue weighted by molar-refractivity contribution is 0.0733. The van der Waals surface area contributed by atoms with Crippen molar-refractivity contribution >= 4 is 5.91 Å². The summed E-state index contributed by atoms with van der Waals surface area (Å²) in [4.78, 5) is 25.2. The van der Waals surface area contributed by atoms with E-state index in [-0.39, 0.29) is 5.91 Å². The van der Waals surface area contributed by atoms with Gasteiger partial charge in [0.1, 0.15) is 6.33 Å². The second-order valence-corrected chi connectivity index (χ2v) is 6.09. The molecule has 1 aliphatic heterocycles. The number of carbonyl (C=O) groups is 1. The Bertz CT molecular complexity index is 493. The fraction of sp³-hybridized carbons (Fsp3) is 0.688. The van der Waals surface area contributed by atoms with Gasteiger partial charge in [0, 0.05) is 31.7 Å². The average molecular weight is 306 g/mol. The van der Waals surface area contributed by atoms with Gasteiger partial charge in [0.2, 0.25) is 0 Å². The van der Waals surface area contributed by atoms with Crippen molar-refractivity contribution in [3.63, 3.8) is 0 Å². The van der Waals surface area contributed by atoms with E-state index in [1.807, 2.05) is 19.0 Å². The van der Waals surface area contributed by atoms with Gasteiger partial charge in [0.25, 0.3) is 5.91 Å². The Morgan fingerprint density at radius 1 is 1.50 bits per heavy atom. The SMILES string of the molecule is CCCc1ncncc1C(=O)N1CCOCC(CN(C)C)C1. The molecule has 22 heavy (non-hydrogen) atoms. The van der Waals surface area contributed by atoms with Crippen LogP contribution < -0.4 is 0 Å². The third-order valence-electron chi connectivity index (χ3n) is 3.76. The Morgan fingerprint density at radius 2 is 2.32 bits per heavy atom. The minimum Gasteiger partial charge on any atom is -0.379 e. The maximum Gasteiger partial charge on any atom is 0.257 e. The number of hydrogen-bond acceptors (Lipinski definition) is 5. The minimum absolute atomic E-state index is 0.0262. The summed E-state index contributed by atoms with van der Waals surface area (Å²) in [6, 6.07) is 0. The third-order valence-corrected chi connectivity index (χ3v) is 3.76. The molecule has 1 unspecified atom stereocenters. The summed E-state index contributed by atoms with van der Waals surface area (Å²) >= 11 is 0. The number of amides is 1. The fourth-order valence-corrected chi connectivity index (χ4v) is 2.83. The molecule has 122 valence electrons. The molecule has 0 N–H and O–H groups in total. The smallest absolute Gasteiger partial charge is 0.257 e. The first-order valence-corrected chi connectivity index (χ1v) is 7.92. The molecule has 0 bridgehead atoms. The second-order valence-electron chi connectivity index (χ2n) is 6.09. The Labute approximate surface area is 132 Å². The summed E-state index contributed by atoms with van der Waals surface area (Å²) in [5.74, 6) is 0.360. The molecule has 0 saturated carbocycles. The van der Waals surface area contributed by atoms with E-state index in [1.165, 1.54) is 6.33 Å². The Hall–Kier alpha value is -1.53. The largest absolute Gasteiger partial charge is 0.379 e. The molecule has 0 radical (unpaired) electrons. The van der Waals surface area contributed by atoms with Gasteiger partial charge in [-0.3, -0.25) is 4.79 Å². The fourth-order valence-electron chi connectivity index (χ4n) is 2.83. The molecule has 1 aliphatic rings. The maximum absolute atomic E-state index is 12.9. The zero-order chi connectivity index (χ0) is 15.9. The van der Waals surface area contributed by atoms with Crippen LogP contribution in [0.4, 0.5) is 0 Å². The van der Waals surface area contributed by atoms with Crippen LogP contribution in [0.15, 0.2) is 12.5 Å². The van der Waals surface area contributed by atoms with Gasteiger partial charge in [-0.05, 0) is 20.5 Å². The van der Waals surface area contributed by atoms with Crippen molar-refractivity contribution in [1.29, 1.82) is 0 Å². The van der Waals surface area contributed by atoms with E-state index in [1.54, 1.807) is 6.20 Å². The number of nitrogens with zero attached hydrogens (tertiary/aromatic N) is 4. The van der Waals surface area contributed by atoms with E-state index < -0.39 is 0 Å². The summed E-state index contributed by atoms with van der Waals surface area (Å²) in [7, 11) is 4.09. The van der Waals surface area contributed by atoms with Crippen LogP contribution in [-0.4, -0.2) is 72.6 Å². The van der Waals surface area contributed by atoms with Crippen LogP contribution in [0.3, 0.4) is 0 Å². The summed E-state index contributed by atoms with van der Waals surface area (Å²) < 4.78 is 5.65.